The Balaban J connectivity index is 1.77. The van der Waals surface area contributed by atoms with Crippen LogP contribution < -0.4 is 0 Å². The van der Waals surface area contributed by atoms with Gasteiger partial charge < -0.3 is 25.5 Å². The lowest BCUT2D eigenvalue weighted by molar-refractivity contribution is -0.289. The lowest BCUT2D eigenvalue weighted by Gasteiger charge is -2.66. The van der Waals surface area contributed by atoms with Gasteiger partial charge in [-0.25, -0.2) is 0 Å². The van der Waals surface area contributed by atoms with Gasteiger partial charge in [0.25, 0.3) is 0 Å². The van der Waals surface area contributed by atoms with Gasteiger partial charge >= 0.3 is 0 Å². The molecule has 26 heavy (non-hydrogen) atoms. The van der Waals surface area contributed by atoms with E-state index in [1.54, 1.807) is 6.92 Å². The van der Waals surface area contributed by atoms with Crippen molar-refractivity contribution in [3.8, 4) is 0 Å². The third kappa shape index (κ3) is 2.15. The molecule has 0 heterocycles. The fourth-order valence-electron chi connectivity index (χ4n) is 8.09. The maximum Gasteiger partial charge on any atom is 0.0886 e. The molecule has 0 amide bonds. The van der Waals surface area contributed by atoms with Gasteiger partial charge in [-0.1, -0.05) is 13.8 Å². The van der Waals surface area contributed by atoms with Crippen molar-refractivity contribution in [1.82, 2.24) is 0 Å². The number of fused-ring (bicyclic) bond motifs is 5. The minimum atomic E-state index is -1.05. The van der Waals surface area contributed by atoms with Crippen LogP contribution in [0.2, 0.25) is 0 Å². The average Bonchev–Trinajstić information content (AvgIpc) is 2.86. The Morgan fingerprint density at radius 1 is 0.962 bits per heavy atom. The first kappa shape index (κ1) is 19.1. The molecular weight excluding hydrogens is 332 g/mol. The molecule has 4 aliphatic carbocycles. The van der Waals surface area contributed by atoms with Crippen molar-refractivity contribution >= 4 is 0 Å². The second-order valence-electron chi connectivity index (χ2n) is 10.4. The Morgan fingerprint density at radius 3 is 2.31 bits per heavy atom. The second kappa shape index (κ2) is 5.90. The van der Waals surface area contributed by atoms with Crippen LogP contribution in [-0.4, -0.2) is 55.5 Å². The normalized spacial score (nSPS) is 60.7. The molecule has 5 nitrogen and oxygen atoms in total. The Hall–Kier alpha value is -0.200. The molecule has 0 spiro atoms. The summed E-state index contributed by atoms with van der Waals surface area (Å²) in [6, 6.07) is 0. The van der Waals surface area contributed by atoms with Crippen LogP contribution in [0.4, 0.5) is 0 Å². The SMILES string of the molecule is CC(O)C1CCC2(O)C3CCC4CC(O)CCC4(C)C3C(O)C(O)C12C. The average molecular weight is 369 g/mol. The largest absolute Gasteiger partial charge is 0.393 e. The highest BCUT2D eigenvalue weighted by atomic mass is 16.3. The number of aliphatic hydroxyl groups is 5. The Labute approximate surface area is 156 Å². The van der Waals surface area contributed by atoms with Crippen molar-refractivity contribution < 1.29 is 25.5 Å². The maximum absolute atomic E-state index is 11.9. The summed E-state index contributed by atoms with van der Waals surface area (Å²) in [4.78, 5) is 0. The molecule has 4 aliphatic rings. The van der Waals surface area contributed by atoms with Gasteiger partial charge in [-0.3, -0.25) is 0 Å². The molecule has 0 aromatic heterocycles. The third-order valence-corrected chi connectivity index (χ3v) is 9.57. The van der Waals surface area contributed by atoms with Crippen LogP contribution in [0.1, 0.15) is 65.7 Å². The summed E-state index contributed by atoms with van der Waals surface area (Å²) in [7, 11) is 0. The zero-order chi connectivity index (χ0) is 19.1. The smallest absolute Gasteiger partial charge is 0.0886 e. The molecule has 0 aromatic rings. The summed E-state index contributed by atoms with van der Waals surface area (Å²) in [5.74, 6) is -0.103. The van der Waals surface area contributed by atoms with Crippen LogP contribution in [0.15, 0.2) is 0 Å². The summed E-state index contributed by atoms with van der Waals surface area (Å²) >= 11 is 0. The maximum atomic E-state index is 11.9. The van der Waals surface area contributed by atoms with Crippen molar-refractivity contribution in [2.24, 2.45) is 34.5 Å². The molecular formula is C21H36O5. The molecule has 11 atom stereocenters. The summed E-state index contributed by atoms with van der Waals surface area (Å²) in [5.41, 5.74) is -2.11. The number of aliphatic hydroxyl groups excluding tert-OH is 4. The molecule has 4 fully saturated rings. The minimum absolute atomic E-state index is 0.0638. The number of rotatable bonds is 1. The zero-order valence-corrected chi connectivity index (χ0v) is 16.3. The van der Waals surface area contributed by atoms with E-state index in [1.807, 2.05) is 6.92 Å². The molecule has 11 unspecified atom stereocenters. The molecule has 0 saturated heterocycles. The quantitative estimate of drug-likeness (QED) is 0.482. The fraction of sp³-hybridized carbons (Fsp3) is 1.00. The third-order valence-electron chi connectivity index (χ3n) is 9.57. The van der Waals surface area contributed by atoms with Gasteiger partial charge in [0.15, 0.2) is 0 Å². The highest BCUT2D eigenvalue weighted by molar-refractivity contribution is 5.22. The van der Waals surface area contributed by atoms with E-state index in [-0.39, 0.29) is 29.3 Å². The number of hydrogen-bond acceptors (Lipinski definition) is 5. The Kier molecular flexibility index (Phi) is 4.34. The van der Waals surface area contributed by atoms with E-state index in [4.69, 9.17) is 0 Å². The van der Waals surface area contributed by atoms with E-state index < -0.39 is 29.3 Å². The van der Waals surface area contributed by atoms with Gasteiger partial charge in [0, 0.05) is 5.41 Å². The van der Waals surface area contributed by atoms with E-state index in [1.165, 1.54) is 0 Å². The molecule has 5 N–H and O–H groups in total. The van der Waals surface area contributed by atoms with Gasteiger partial charge in [-0.15, -0.1) is 0 Å². The topological polar surface area (TPSA) is 101 Å². The van der Waals surface area contributed by atoms with Gasteiger partial charge in [-0.05, 0) is 81.0 Å². The molecule has 0 radical (unpaired) electrons. The molecule has 0 bridgehead atoms. The van der Waals surface area contributed by atoms with Crippen molar-refractivity contribution in [1.29, 1.82) is 0 Å². The summed E-state index contributed by atoms with van der Waals surface area (Å²) in [5, 5.41) is 54.8. The highest BCUT2D eigenvalue weighted by Crippen LogP contribution is 2.69. The first-order valence-corrected chi connectivity index (χ1v) is 10.5. The van der Waals surface area contributed by atoms with Crippen LogP contribution in [0.25, 0.3) is 0 Å². The van der Waals surface area contributed by atoms with E-state index in [0.717, 1.165) is 32.1 Å². The van der Waals surface area contributed by atoms with E-state index >= 15 is 0 Å². The lowest BCUT2D eigenvalue weighted by Crippen LogP contribution is -2.72. The molecule has 150 valence electrons. The van der Waals surface area contributed by atoms with E-state index in [9.17, 15) is 25.5 Å². The standard InChI is InChI=1S/C21H36O5/c1-11(22)14-7-9-21(26)15-5-4-12-10-13(23)6-8-19(12,2)16(15)17(24)18(25)20(14,21)3/h11-18,22-26H,4-10H2,1-3H3. The molecule has 0 aromatic carbocycles. The Bertz CT molecular complexity index is 567. The monoisotopic (exact) mass is 368 g/mol. The van der Waals surface area contributed by atoms with Crippen LogP contribution in [-0.2, 0) is 0 Å². The molecule has 4 saturated carbocycles. The predicted molar refractivity (Wildman–Crippen MR) is 97.1 cm³/mol. The lowest BCUT2D eigenvalue weighted by atomic mass is 9.41. The van der Waals surface area contributed by atoms with Crippen LogP contribution in [0.5, 0.6) is 0 Å². The predicted octanol–water partition coefficient (Wildman–Crippen LogP) is 1.44. The van der Waals surface area contributed by atoms with Gasteiger partial charge in [-0.2, -0.15) is 0 Å². The first-order valence-electron chi connectivity index (χ1n) is 10.5. The second-order valence-corrected chi connectivity index (χ2v) is 10.4. The zero-order valence-electron chi connectivity index (χ0n) is 16.3. The fourth-order valence-corrected chi connectivity index (χ4v) is 8.09. The van der Waals surface area contributed by atoms with E-state index in [0.29, 0.717) is 18.8 Å². The van der Waals surface area contributed by atoms with Crippen molar-refractivity contribution in [2.75, 3.05) is 0 Å². The van der Waals surface area contributed by atoms with Gasteiger partial charge in [0.1, 0.15) is 0 Å². The number of hydrogen-bond donors (Lipinski definition) is 5. The minimum Gasteiger partial charge on any atom is -0.393 e. The van der Waals surface area contributed by atoms with Crippen LogP contribution >= 0.6 is 0 Å². The first-order chi connectivity index (χ1) is 12.1. The van der Waals surface area contributed by atoms with Crippen LogP contribution in [0, 0.1) is 34.5 Å². The molecule has 5 heteroatoms. The highest BCUT2D eigenvalue weighted by Gasteiger charge is 2.73. The van der Waals surface area contributed by atoms with Crippen molar-refractivity contribution in [3.63, 3.8) is 0 Å². The van der Waals surface area contributed by atoms with Crippen LogP contribution in [0.3, 0.4) is 0 Å². The van der Waals surface area contributed by atoms with Crippen molar-refractivity contribution in [3.05, 3.63) is 0 Å². The van der Waals surface area contributed by atoms with Gasteiger partial charge in [0.05, 0.1) is 30.0 Å². The summed E-state index contributed by atoms with van der Waals surface area (Å²) < 4.78 is 0. The van der Waals surface area contributed by atoms with E-state index in [2.05, 4.69) is 6.92 Å². The Morgan fingerprint density at radius 2 is 1.65 bits per heavy atom. The molecule has 4 rings (SSSR count). The van der Waals surface area contributed by atoms with Gasteiger partial charge in [0.2, 0.25) is 0 Å². The van der Waals surface area contributed by atoms with Crippen molar-refractivity contribution in [2.45, 2.75) is 95.7 Å². The summed E-state index contributed by atoms with van der Waals surface area (Å²) in [6.45, 7) is 5.80. The summed E-state index contributed by atoms with van der Waals surface area (Å²) in [6.07, 6.45) is 2.51. The molecule has 0 aliphatic heterocycles.